The number of hydrogen-bond donors (Lipinski definition) is 2. The largest absolute Gasteiger partial charge is 0.379 e. The summed E-state index contributed by atoms with van der Waals surface area (Å²) in [4.78, 5) is 15.7. The number of morpholine rings is 1. The average molecular weight is 480 g/mol. The second-order valence-corrected chi connectivity index (χ2v) is 9.59. The van der Waals surface area contributed by atoms with Crippen LogP contribution in [-0.2, 0) is 4.74 Å². The van der Waals surface area contributed by atoms with Crippen LogP contribution in [0.2, 0.25) is 0 Å². The van der Waals surface area contributed by atoms with Crippen LogP contribution >= 0.6 is 11.6 Å². The van der Waals surface area contributed by atoms with E-state index in [0.29, 0.717) is 5.95 Å². The number of nitrogens with zero attached hydrogens (tertiary/aromatic N) is 5. The summed E-state index contributed by atoms with van der Waals surface area (Å²) in [6.07, 6.45) is 10.6. The Kier molecular flexibility index (Phi) is 6.80. The molecule has 1 aliphatic heterocycles. The van der Waals surface area contributed by atoms with E-state index in [1.165, 1.54) is 0 Å². The fourth-order valence-electron chi connectivity index (χ4n) is 4.30. The molecule has 0 bridgehead atoms. The number of para-hydroxylation sites is 2. The SMILES string of the molecule is CC1(Cl)C=CC=CC1Nc1nc2ccccc2n1-c1cc(NCCCN2CCOCC2)ncn1. The van der Waals surface area contributed by atoms with Crippen LogP contribution in [0, 0.1) is 0 Å². The van der Waals surface area contributed by atoms with Crippen LogP contribution in [0.4, 0.5) is 11.8 Å². The normalized spacial score (nSPS) is 22.8. The molecule has 0 saturated carbocycles. The molecule has 9 heteroatoms. The first kappa shape index (κ1) is 22.8. The molecule has 0 radical (unpaired) electrons. The van der Waals surface area contributed by atoms with Crippen molar-refractivity contribution in [3.8, 4) is 5.82 Å². The van der Waals surface area contributed by atoms with Gasteiger partial charge in [-0.1, -0.05) is 36.4 Å². The first-order chi connectivity index (χ1) is 16.6. The lowest BCUT2D eigenvalue weighted by molar-refractivity contribution is 0.0378. The minimum atomic E-state index is -0.559. The van der Waals surface area contributed by atoms with Gasteiger partial charge in [0.2, 0.25) is 5.95 Å². The molecule has 3 aromatic rings. The van der Waals surface area contributed by atoms with Crippen LogP contribution in [0.1, 0.15) is 13.3 Å². The molecule has 8 nitrogen and oxygen atoms in total. The number of anilines is 2. The molecule has 2 aliphatic rings. The third-order valence-electron chi connectivity index (χ3n) is 6.23. The fraction of sp³-hybridized carbons (Fsp3) is 0.400. The lowest BCUT2D eigenvalue weighted by Gasteiger charge is -2.30. The number of halogens is 1. The Morgan fingerprint density at radius 2 is 2.03 bits per heavy atom. The van der Waals surface area contributed by atoms with Gasteiger partial charge in [0.15, 0.2) is 0 Å². The number of benzene rings is 1. The third kappa shape index (κ3) is 5.09. The molecule has 5 rings (SSSR count). The van der Waals surface area contributed by atoms with Gasteiger partial charge in [0.05, 0.1) is 35.2 Å². The standard InChI is InChI=1S/C25H30ClN7O/c1-25(26)10-5-4-9-21(25)31-24-30-19-7-2-3-8-20(19)33(24)23-17-22(28-18-29-23)27-11-6-12-32-13-15-34-16-14-32/h2-5,7-10,17-18,21H,6,11-16H2,1H3,(H,30,31)(H,27,28,29). The molecule has 2 aromatic heterocycles. The maximum Gasteiger partial charge on any atom is 0.210 e. The summed E-state index contributed by atoms with van der Waals surface area (Å²) in [5.41, 5.74) is 1.85. The Bertz CT molecular complexity index is 1180. The van der Waals surface area contributed by atoms with Gasteiger partial charge in [-0.05, 0) is 32.0 Å². The fourth-order valence-corrected chi connectivity index (χ4v) is 4.50. The highest BCUT2D eigenvalue weighted by Crippen LogP contribution is 2.30. The molecule has 2 unspecified atom stereocenters. The molecule has 1 saturated heterocycles. The van der Waals surface area contributed by atoms with Gasteiger partial charge in [0, 0.05) is 25.7 Å². The van der Waals surface area contributed by atoms with Crippen molar-refractivity contribution < 1.29 is 4.74 Å². The minimum absolute atomic E-state index is 0.116. The first-order valence-corrected chi connectivity index (χ1v) is 12.1. The summed E-state index contributed by atoms with van der Waals surface area (Å²) in [7, 11) is 0. The van der Waals surface area contributed by atoms with Gasteiger partial charge in [0.1, 0.15) is 18.0 Å². The zero-order valence-electron chi connectivity index (χ0n) is 19.3. The Balaban J connectivity index is 1.35. The van der Waals surface area contributed by atoms with Crippen molar-refractivity contribution in [1.82, 2.24) is 24.4 Å². The molecular formula is C25H30ClN7O. The number of aromatic nitrogens is 4. The van der Waals surface area contributed by atoms with Crippen LogP contribution < -0.4 is 10.6 Å². The van der Waals surface area contributed by atoms with Crippen LogP contribution in [0.15, 0.2) is 61.0 Å². The lowest BCUT2D eigenvalue weighted by atomic mass is 9.96. The zero-order chi connectivity index (χ0) is 23.4. The molecule has 2 atom stereocenters. The van der Waals surface area contributed by atoms with Gasteiger partial charge in [0.25, 0.3) is 0 Å². The molecule has 0 spiro atoms. The van der Waals surface area contributed by atoms with E-state index in [2.05, 4.69) is 31.6 Å². The maximum atomic E-state index is 6.75. The minimum Gasteiger partial charge on any atom is -0.379 e. The highest BCUT2D eigenvalue weighted by Gasteiger charge is 2.30. The number of alkyl halides is 1. The molecular weight excluding hydrogens is 450 g/mol. The monoisotopic (exact) mass is 479 g/mol. The Hall–Kier alpha value is -2.94. The Morgan fingerprint density at radius 1 is 1.18 bits per heavy atom. The predicted molar refractivity (Wildman–Crippen MR) is 137 cm³/mol. The number of fused-ring (bicyclic) bond motifs is 1. The summed E-state index contributed by atoms with van der Waals surface area (Å²) in [5.74, 6) is 2.22. The molecule has 1 fully saturated rings. The number of ether oxygens (including phenoxy) is 1. The van der Waals surface area contributed by atoms with E-state index in [0.717, 1.165) is 68.5 Å². The van der Waals surface area contributed by atoms with Gasteiger partial charge in [-0.15, -0.1) is 11.6 Å². The summed E-state index contributed by atoms with van der Waals surface area (Å²) in [6, 6.07) is 9.88. The van der Waals surface area contributed by atoms with Crippen molar-refractivity contribution in [3.63, 3.8) is 0 Å². The van der Waals surface area contributed by atoms with Crippen LogP contribution in [-0.4, -0.2) is 74.7 Å². The van der Waals surface area contributed by atoms with Crippen molar-refractivity contribution in [2.75, 3.05) is 50.0 Å². The first-order valence-electron chi connectivity index (χ1n) is 11.8. The number of allylic oxidation sites excluding steroid dienone is 2. The topological polar surface area (TPSA) is 80.1 Å². The molecule has 34 heavy (non-hydrogen) atoms. The number of imidazole rings is 1. The Morgan fingerprint density at radius 3 is 2.88 bits per heavy atom. The average Bonchev–Trinajstić information content (AvgIpc) is 3.22. The van der Waals surface area contributed by atoms with Crippen LogP contribution in [0.5, 0.6) is 0 Å². The van der Waals surface area contributed by atoms with Crippen molar-refractivity contribution in [3.05, 3.63) is 61.0 Å². The second kappa shape index (κ2) is 10.1. The van der Waals surface area contributed by atoms with E-state index in [4.69, 9.17) is 21.3 Å². The number of rotatable bonds is 8. The smallest absolute Gasteiger partial charge is 0.210 e. The highest BCUT2D eigenvalue weighted by molar-refractivity contribution is 6.26. The van der Waals surface area contributed by atoms with Gasteiger partial charge < -0.3 is 15.4 Å². The van der Waals surface area contributed by atoms with E-state index < -0.39 is 4.87 Å². The van der Waals surface area contributed by atoms with E-state index in [1.807, 2.05) is 60.1 Å². The van der Waals surface area contributed by atoms with Crippen molar-refractivity contribution >= 4 is 34.4 Å². The summed E-state index contributed by atoms with van der Waals surface area (Å²) >= 11 is 6.75. The Labute approximate surface area is 204 Å². The molecule has 1 aromatic carbocycles. The van der Waals surface area contributed by atoms with Crippen molar-refractivity contribution in [2.45, 2.75) is 24.3 Å². The highest BCUT2D eigenvalue weighted by atomic mass is 35.5. The van der Waals surface area contributed by atoms with E-state index in [1.54, 1.807) is 6.33 Å². The van der Waals surface area contributed by atoms with Crippen molar-refractivity contribution in [2.24, 2.45) is 0 Å². The van der Waals surface area contributed by atoms with Gasteiger partial charge in [-0.3, -0.25) is 9.47 Å². The second-order valence-electron chi connectivity index (χ2n) is 8.77. The number of nitrogens with one attached hydrogen (secondary N) is 2. The van der Waals surface area contributed by atoms with Gasteiger partial charge in [-0.2, -0.15) is 0 Å². The van der Waals surface area contributed by atoms with Crippen molar-refractivity contribution in [1.29, 1.82) is 0 Å². The summed E-state index contributed by atoms with van der Waals surface area (Å²) in [5, 5.41) is 6.97. The van der Waals surface area contributed by atoms with Gasteiger partial charge in [-0.25, -0.2) is 15.0 Å². The lowest BCUT2D eigenvalue weighted by Crippen LogP contribution is -2.38. The van der Waals surface area contributed by atoms with E-state index in [-0.39, 0.29) is 6.04 Å². The zero-order valence-corrected chi connectivity index (χ0v) is 20.1. The van der Waals surface area contributed by atoms with Crippen LogP contribution in [0.3, 0.4) is 0 Å². The molecule has 3 heterocycles. The third-order valence-corrected chi connectivity index (χ3v) is 6.59. The maximum absolute atomic E-state index is 6.75. The quantitative estimate of drug-likeness (QED) is 0.375. The van der Waals surface area contributed by atoms with Gasteiger partial charge >= 0.3 is 0 Å². The predicted octanol–water partition coefficient (Wildman–Crippen LogP) is 3.85. The summed E-state index contributed by atoms with van der Waals surface area (Å²) in [6.45, 7) is 7.55. The van der Waals surface area contributed by atoms with E-state index >= 15 is 0 Å². The molecule has 2 N–H and O–H groups in total. The number of hydrogen-bond acceptors (Lipinski definition) is 7. The van der Waals surface area contributed by atoms with Crippen LogP contribution in [0.25, 0.3) is 16.9 Å². The molecule has 178 valence electrons. The summed E-state index contributed by atoms with van der Waals surface area (Å²) < 4.78 is 7.45. The van der Waals surface area contributed by atoms with E-state index in [9.17, 15) is 0 Å². The molecule has 0 amide bonds. The molecule has 1 aliphatic carbocycles.